The van der Waals surface area contributed by atoms with Crippen LogP contribution in [0.2, 0.25) is 0 Å². The SMILES string of the molecule is CCCOc1cccc([C@@H]2C(=C(O)c3ccc(OCC)cc3)C(=O)C(=O)N2CCN2CCOCC2)c1. The summed E-state index contributed by atoms with van der Waals surface area (Å²) in [7, 11) is 0. The Bertz CT molecular complexity index is 1090. The molecule has 2 aliphatic rings. The molecule has 1 atom stereocenters. The van der Waals surface area contributed by atoms with E-state index in [4.69, 9.17) is 14.2 Å². The molecule has 0 unspecified atom stereocenters. The quantitative estimate of drug-likeness (QED) is 0.307. The molecule has 192 valence electrons. The molecule has 0 spiro atoms. The number of carbonyl (C=O) groups is 2. The molecule has 1 N–H and O–H groups in total. The molecular weight excluding hydrogens is 460 g/mol. The van der Waals surface area contributed by atoms with Gasteiger partial charge in [0.05, 0.1) is 38.0 Å². The van der Waals surface area contributed by atoms with Crippen LogP contribution in [0, 0.1) is 0 Å². The van der Waals surface area contributed by atoms with E-state index in [-0.39, 0.29) is 11.3 Å². The molecule has 36 heavy (non-hydrogen) atoms. The number of ketones is 1. The summed E-state index contributed by atoms with van der Waals surface area (Å²) in [5.41, 5.74) is 1.25. The van der Waals surface area contributed by atoms with Gasteiger partial charge in [0.15, 0.2) is 0 Å². The fourth-order valence-electron chi connectivity index (χ4n) is 4.56. The Morgan fingerprint density at radius 2 is 1.75 bits per heavy atom. The van der Waals surface area contributed by atoms with Crippen molar-refractivity contribution < 1.29 is 28.9 Å². The number of amides is 1. The maximum Gasteiger partial charge on any atom is 0.295 e. The van der Waals surface area contributed by atoms with Gasteiger partial charge in [0, 0.05) is 31.7 Å². The van der Waals surface area contributed by atoms with Crippen molar-refractivity contribution >= 4 is 17.4 Å². The number of ether oxygens (including phenoxy) is 3. The summed E-state index contributed by atoms with van der Waals surface area (Å²) in [6.07, 6.45) is 0.861. The molecule has 2 aliphatic heterocycles. The zero-order valence-electron chi connectivity index (χ0n) is 20.9. The van der Waals surface area contributed by atoms with Crippen LogP contribution in [-0.4, -0.2) is 79.2 Å². The highest BCUT2D eigenvalue weighted by Gasteiger charge is 2.46. The van der Waals surface area contributed by atoms with E-state index in [1.807, 2.05) is 38.1 Å². The van der Waals surface area contributed by atoms with Gasteiger partial charge in [-0.05, 0) is 55.3 Å². The van der Waals surface area contributed by atoms with Crippen molar-refractivity contribution in [2.45, 2.75) is 26.3 Å². The molecule has 2 heterocycles. The van der Waals surface area contributed by atoms with E-state index < -0.39 is 17.7 Å². The van der Waals surface area contributed by atoms with E-state index in [0.717, 1.165) is 25.1 Å². The first kappa shape index (κ1) is 25.7. The Kier molecular flexibility index (Phi) is 8.61. The monoisotopic (exact) mass is 494 g/mol. The van der Waals surface area contributed by atoms with Crippen LogP contribution < -0.4 is 9.47 Å². The fraction of sp³-hybridized carbons (Fsp3) is 0.429. The maximum absolute atomic E-state index is 13.3. The second kappa shape index (κ2) is 12.1. The van der Waals surface area contributed by atoms with Gasteiger partial charge in [-0.25, -0.2) is 0 Å². The van der Waals surface area contributed by atoms with Crippen LogP contribution in [-0.2, 0) is 14.3 Å². The molecule has 8 heteroatoms. The van der Waals surface area contributed by atoms with Gasteiger partial charge in [-0.3, -0.25) is 14.5 Å². The minimum atomic E-state index is -0.720. The van der Waals surface area contributed by atoms with E-state index in [0.29, 0.717) is 56.6 Å². The van der Waals surface area contributed by atoms with Crippen molar-refractivity contribution in [3.05, 3.63) is 65.2 Å². The Labute approximate surface area is 212 Å². The number of Topliss-reactive ketones (excluding diaryl/α,β-unsaturated/α-hetero) is 1. The van der Waals surface area contributed by atoms with Crippen molar-refractivity contribution in [1.82, 2.24) is 9.80 Å². The third-order valence-corrected chi connectivity index (χ3v) is 6.39. The molecule has 2 aromatic rings. The van der Waals surface area contributed by atoms with Crippen LogP contribution in [0.5, 0.6) is 11.5 Å². The summed E-state index contributed by atoms with van der Waals surface area (Å²) in [6, 6.07) is 13.6. The molecule has 2 aromatic carbocycles. The van der Waals surface area contributed by atoms with Crippen LogP contribution in [0.25, 0.3) is 5.76 Å². The molecular formula is C28H34N2O6. The number of morpholine rings is 1. The van der Waals surface area contributed by atoms with Gasteiger partial charge < -0.3 is 24.2 Å². The normalized spacial score (nSPS) is 20.1. The molecule has 1 amide bonds. The zero-order valence-corrected chi connectivity index (χ0v) is 20.9. The number of hydrogen-bond acceptors (Lipinski definition) is 7. The van der Waals surface area contributed by atoms with Crippen molar-refractivity contribution in [3.63, 3.8) is 0 Å². The summed E-state index contributed by atoms with van der Waals surface area (Å²) in [5.74, 6) is -0.171. The molecule has 0 aromatic heterocycles. The van der Waals surface area contributed by atoms with E-state index >= 15 is 0 Å². The minimum Gasteiger partial charge on any atom is -0.507 e. The highest BCUT2D eigenvalue weighted by Crippen LogP contribution is 2.40. The van der Waals surface area contributed by atoms with Crippen molar-refractivity contribution in [2.24, 2.45) is 0 Å². The first-order valence-electron chi connectivity index (χ1n) is 12.6. The standard InChI is InChI=1S/C28H34N2O6/c1-3-16-36-23-7-5-6-21(19-23)25-24(26(31)20-8-10-22(11-9-20)35-4-2)27(32)28(33)30(25)13-12-29-14-17-34-18-15-29/h5-11,19,25,31H,3-4,12-18H2,1-2H3/t25-/m1/s1. The van der Waals surface area contributed by atoms with Crippen molar-refractivity contribution in [2.75, 3.05) is 52.6 Å². The van der Waals surface area contributed by atoms with Gasteiger partial charge in [-0.1, -0.05) is 19.1 Å². The predicted octanol–water partition coefficient (Wildman–Crippen LogP) is 3.63. The second-order valence-electron chi connectivity index (χ2n) is 8.82. The Hall–Kier alpha value is -3.36. The predicted molar refractivity (Wildman–Crippen MR) is 136 cm³/mol. The van der Waals surface area contributed by atoms with Crippen LogP contribution >= 0.6 is 0 Å². The third-order valence-electron chi connectivity index (χ3n) is 6.39. The Morgan fingerprint density at radius 1 is 1.00 bits per heavy atom. The fourth-order valence-corrected chi connectivity index (χ4v) is 4.56. The van der Waals surface area contributed by atoms with Crippen LogP contribution in [0.3, 0.4) is 0 Å². The van der Waals surface area contributed by atoms with Gasteiger partial charge in [-0.2, -0.15) is 0 Å². The average molecular weight is 495 g/mol. The number of carbonyl (C=O) groups excluding carboxylic acids is 2. The van der Waals surface area contributed by atoms with Crippen LogP contribution in [0.15, 0.2) is 54.1 Å². The minimum absolute atomic E-state index is 0.0822. The average Bonchev–Trinajstić information content (AvgIpc) is 3.16. The third kappa shape index (κ3) is 5.71. The number of aliphatic hydroxyl groups excluding tert-OH is 1. The van der Waals surface area contributed by atoms with E-state index in [2.05, 4.69) is 4.90 Å². The summed E-state index contributed by atoms with van der Waals surface area (Å²) in [6.45, 7) is 8.84. The van der Waals surface area contributed by atoms with Gasteiger partial charge in [0.25, 0.3) is 11.7 Å². The molecule has 2 saturated heterocycles. The van der Waals surface area contributed by atoms with Gasteiger partial charge >= 0.3 is 0 Å². The lowest BCUT2D eigenvalue weighted by atomic mass is 9.95. The van der Waals surface area contributed by atoms with Gasteiger partial charge in [0.2, 0.25) is 0 Å². The number of rotatable bonds is 10. The highest BCUT2D eigenvalue weighted by molar-refractivity contribution is 6.46. The van der Waals surface area contributed by atoms with E-state index in [9.17, 15) is 14.7 Å². The Morgan fingerprint density at radius 3 is 2.44 bits per heavy atom. The maximum atomic E-state index is 13.3. The van der Waals surface area contributed by atoms with Gasteiger partial charge in [-0.15, -0.1) is 0 Å². The summed E-state index contributed by atoms with van der Waals surface area (Å²) in [5, 5.41) is 11.3. The van der Waals surface area contributed by atoms with Crippen molar-refractivity contribution in [3.8, 4) is 11.5 Å². The molecule has 0 aliphatic carbocycles. The number of nitrogens with zero attached hydrogens (tertiary/aromatic N) is 2. The van der Waals surface area contributed by atoms with Crippen LogP contribution in [0.1, 0.15) is 37.4 Å². The largest absolute Gasteiger partial charge is 0.507 e. The number of aliphatic hydroxyl groups is 1. The van der Waals surface area contributed by atoms with Gasteiger partial charge in [0.1, 0.15) is 17.3 Å². The topological polar surface area (TPSA) is 88.5 Å². The first-order valence-corrected chi connectivity index (χ1v) is 12.6. The molecule has 4 rings (SSSR count). The molecule has 0 radical (unpaired) electrons. The summed E-state index contributed by atoms with van der Waals surface area (Å²) >= 11 is 0. The van der Waals surface area contributed by atoms with Crippen molar-refractivity contribution in [1.29, 1.82) is 0 Å². The number of likely N-dealkylation sites (tertiary alicyclic amines) is 1. The lowest BCUT2D eigenvalue weighted by Gasteiger charge is -2.31. The summed E-state index contributed by atoms with van der Waals surface area (Å²) < 4.78 is 16.7. The van der Waals surface area contributed by atoms with E-state index in [1.54, 1.807) is 29.2 Å². The zero-order chi connectivity index (χ0) is 25.5. The number of hydrogen-bond donors (Lipinski definition) is 1. The molecule has 8 nitrogen and oxygen atoms in total. The smallest absolute Gasteiger partial charge is 0.295 e. The second-order valence-corrected chi connectivity index (χ2v) is 8.82. The number of benzene rings is 2. The summed E-state index contributed by atoms with van der Waals surface area (Å²) in [4.78, 5) is 30.3. The lowest BCUT2D eigenvalue weighted by molar-refractivity contribution is -0.140. The molecule has 2 fully saturated rings. The highest BCUT2D eigenvalue weighted by atomic mass is 16.5. The molecule has 0 saturated carbocycles. The van der Waals surface area contributed by atoms with E-state index in [1.165, 1.54) is 0 Å². The van der Waals surface area contributed by atoms with Crippen LogP contribution in [0.4, 0.5) is 0 Å². The molecule has 0 bridgehead atoms. The Balaban J connectivity index is 1.71. The lowest BCUT2D eigenvalue weighted by Crippen LogP contribution is -2.42. The first-order chi connectivity index (χ1) is 17.5.